The Hall–Kier alpha value is -2.82. The fraction of sp³-hybridized carbons (Fsp3) is 0.190. The van der Waals surface area contributed by atoms with Gasteiger partial charge < -0.3 is 4.74 Å². The molecule has 166 valence electrons. The van der Waals surface area contributed by atoms with Gasteiger partial charge in [-0.3, -0.25) is 4.72 Å². The molecule has 0 bridgehead atoms. The van der Waals surface area contributed by atoms with Crippen LogP contribution in [0, 0.1) is 6.92 Å². The van der Waals surface area contributed by atoms with Gasteiger partial charge in [0.05, 0.1) is 7.11 Å². The van der Waals surface area contributed by atoms with Crippen LogP contribution in [0.2, 0.25) is 5.02 Å². The molecule has 2 aromatic heterocycles. The molecule has 0 unspecified atom stereocenters. The minimum atomic E-state index is -3.88. The third-order valence-electron chi connectivity index (χ3n) is 4.77. The van der Waals surface area contributed by atoms with Gasteiger partial charge in [0, 0.05) is 26.9 Å². The minimum absolute atomic E-state index is 0.0284. The summed E-state index contributed by atoms with van der Waals surface area (Å²) in [5, 5.41) is 5.53. The van der Waals surface area contributed by atoms with Crippen molar-refractivity contribution >= 4 is 44.9 Å². The van der Waals surface area contributed by atoms with Crippen molar-refractivity contribution in [3.63, 3.8) is 0 Å². The minimum Gasteiger partial charge on any atom is -0.495 e. The molecule has 0 atom stereocenters. The average Bonchev–Trinajstić information content (AvgIpc) is 3.23. The van der Waals surface area contributed by atoms with Crippen molar-refractivity contribution in [3.05, 3.63) is 65.1 Å². The van der Waals surface area contributed by atoms with Crippen molar-refractivity contribution in [2.24, 2.45) is 0 Å². The highest BCUT2D eigenvalue weighted by Gasteiger charge is 2.20. The lowest BCUT2D eigenvalue weighted by molar-refractivity contribution is 0.403. The van der Waals surface area contributed by atoms with Crippen LogP contribution in [0.3, 0.4) is 0 Å². The van der Waals surface area contributed by atoms with Crippen LogP contribution in [0.5, 0.6) is 5.75 Å². The van der Waals surface area contributed by atoms with E-state index in [-0.39, 0.29) is 10.6 Å². The number of aryl methyl sites for hydroxylation is 1. The van der Waals surface area contributed by atoms with E-state index in [2.05, 4.69) is 26.7 Å². The van der Waals surface area contributed by atoms with Crippen molar-refractivity contribution < 1.29 is 13.2 Å². The van der Waals surface area contributed by atoms with Crippen molar-refractivity contribution in [3.8, 4) is 5.75 Å². The number of hydrogen-bond acceptors (Lipinski definition) is 7. The van der Waals surface area contributed by atoms with Crippen LogP contribution in [0.1, 0.15) is 18.2 Å². The summed E-state index contributed by atoms with van der Waals surface area (Å²) in [5.41, 5.74) is 2.42. The zero-order chi connectivity index (χ0) is 22.9. The van der Waals surface area contributed by atoms with Gasteiger partial charge in [0.25, 0.3) is 15.8 Å². The van der Waals surface area contributed by atoms with Gasteiger partial charge in [0.1, 0.15) is 22.0 Å². The Morgan fingerprint density at radius 3 is 2.62 bits per heavy atom. The van der Waals surface area contributed by atoms with Crippen molar-refractivity contribution in [2.45, 2.75) is 35.1 Å². The molecule has 0 saturated heterocycles. The summed E-state index contributed by atoms with van der Waals surface area (Å²) >= 11 is 7.51. The number of fused-ring (bicyclic) bond motifs is 1. The third kappa shape index (κ3) is 4.38. The van der Waals surface area contributed by atoms with Crippen molar-refractivity contribution in [2.75, 3.05) is 11.8 Å². The lowest BCUT2D eigenvalue weighted by Crippen LogP contribution is -2.14. The smallest absolute Gasteiger partial charge is 0.265 e. The fourth-order valence-electron chi connectivity index (χ4n) is 3.24. The monoisotopic (exact) mass is 489 g/mol. The molecule has 0 fully saturated rings. The van der Waals surface area contributed by atoms with Crippen LogP contribution in [0.4, 0.5) is 5.69 Å². The number of aromatic nitrogens is 4. The van der Waals surface area contributed by atoms with Crippen LogP contribution < -0.4 is 9.46 Å². The summed E-state index contributed by atoms with van der Waals surface area (Å²) < 4.78 is 35.2. The maximum atomic E-state index is 12.9. The standard InChI is InChI=1S/C21H20ClN5O3S2/c1-4-17-13(2)25-21-23-12-24-27(21)20(17)31-16-8-6-15(7-9-16)26-32(28,29)19-11-14(22)5-10-18(19)30-3/h5-12,26H,4H2,1-3H3. The average molecular weight is 490 g/mol. The highest BCUT2D eigenvalue weighted by molar-refractivity contribution is 7.99. The molecule has 0 spiro atoms. The lowest BCUT2D eigenvalue weighted by atomic mass is 10.2. The van der Waals surface area contributed by atoms with E-state index in [9.17, 15) is 8.42 Å². The van der Waals surface area contributed by atoms with Gasteiger partial charge in [-0.15, -0.1) is 0 Å². The van der Waals surface area contributed by atoms with Crippen LogP contribution in [0.25, 0.3) is 5.78 Å². The molecule has 0 radical (unpaired) electrons. The molecule has 2 heterocycles. The zero-order valence-electron chi connectivity index (χ0n) is 17.5. The third-order valence-corrected chi connectivity index (χ3v) is 7.53. The molecule has 8 nitrogen and oxygen atoms in total. The summed E-state index contributed by atoms with van der Waals surface area (Å²) in [6.07, 6.45) is 2.28. The topological polar surface area (TPSA) is 98.5 Å². The van der Waals surface area contributed by atoms with Crippen molar-refractivity contribution in [1.29, 1.82) is 0 Å². The Bertz CT molecular complexity index is 1390. The Labute approximate surface area is 195 Å². The number of nitrogens with one attached hydrogen (secondary N) is 1. The Morgan fingerprint density at radius 1 is 1.19 bits per heavy atom. The maximum absolute atomic E-state index is 12.9. The number of halogens is 1. The van der Waals surface area contributed by atoms with Crippen molar-refractivity contribution in [1.82, 2.24) is 19.6 Å². The van der Waals surface area contributed by atoms with Gasteiger partial charge >= 0.3 is 0 Å². The molecule has 1 N–H and O–H groups in total. The summed E-state index contributed by atoms with van der Waals surface area (Å²) in [4.78, 5) is 9.58. The quantitative estimate of drug-likeness (QED) is 0.378. The molecule has 0 saturated carbocycles. The summed E-state index contributed by atoms with van der Waals surface area (Å²) in [6, 6.07) is 11.5. The Balaban J connectivity index is 1.61. The van der Waals surface area contributed by atoms with E-state index >= 15 is 0 Å². The first-order valence-corrected chi connectivity index (χ1v) is 12.3. The van der Waals surface area contributed by atoms with Crippen LogP contribution >= 0.6 is 23.4 Å². The van der Waals surface area contributed by atoms with Gasteiger partial charge in [-0.1, -0.05) is 30.3 Å². The predicted octanol–water partition coefficient (Wildman–Crippen LogP) is 4.61. The second-order valence-corrected chi connectivity index (χ2v) is 9.98. The number of sulfonamides is 1. The number of nitrogens with zero attached hydrogens (tertiary/aromatic N) is 4. The van der Waals surface area contributed by atoms with Gasteiger partial charge in [-0.05, 0) is 55.8 Å². The number of methoxy groups -OCH3 is 1. The van der Waals surface area contributed by atoms with E-state index < -0.39 is 10.0 Å². The molecule has 0 aliphatic rings. The van der Waals surface area contributed by atoms with Gasteiger partial charge in [-0.25, -0.2) is 13.4 Å². The molecule has 4 aromatic rings. The van der Waals surface area contributed by atoms with E-state index in [1.165, 1.54) is 37.3 Å². The van der Waals surface area contributed by atoms with E-state index in [1.54, 1.807) is 22.7 Å². The normalized spacial score (nSPS) is 11.6. The first-order chi connectivity index (χ1) is 15.3. The zero-order valence-corrected chi connectivity index (χ0v) is 19.9. The molecular weight excluding hydrogens is 470 g/mol. The highest BCUT2D eigenvalue weighted by atomic mass is 35.5. The number of benzene rings is 2. The summed E-state index contributed by atoms with van der Waals surface area (Å²) in [5.74, 6) is 0.758. The van der Waals surface area contributed by atoms with Crippen LogP contribution in [-0.4, -0.2) is 35.1 Å². The van der Waals surface area contributed by atoms with Gasteiger partial charge in [-0.2, -0.15) is 14.6 Å². The van der Waals surface area contributed by atoms with E-state index in [0.29, 0.717) is 16.5 Å². The van der Waals surface area contributed by atoms with E-state index in [4.69, 9.17) is 16.3 Å². The number of hydrogen-bond donors (Lipinski definition) is 1. The SMILES string of the molecule is CCc1c(C)nc2ncnn2c1Sc1ccc(NS(=O)(=O)c2cc(Cl)ccc2OC)cc1. The van der Waals surface area contributed by atoms with Crippen LogP contribution in [-0.2, 0) is 16.4 Å². The Kier molecular flexibility index (Phi) is 6.27. The molecule has 2 aromatic carbocycles. The second kappa shape index (κ2) is 8.97. The molecule has 4 rings (SSSR count). The number of rotatable bonds is 7. The molecule has 0 aliphatic carbocycles. The predicted molar refractivity (Wildman–Crippen MR) is 124 cm³/mol. The molecule has 0 aliphatic heterocycles. The second-order valence-electron chi connectivity index (χ2n) is 6.83. The first-order valence-electron chi connectivity index (χ1n) is 9.66. The lowest BCUT2D eigenvalue weighted by Gasteiger charge is -2.13. The molecule has 0 amide bonds. The van der Waals surface area contributed by atoms with Gasteiger partial charge in [0.15, 0.2) is 0 Å². The van der Waals surface area contributed by atoms with E-state index in [1.807, 2.05) is 19.1 Å². The maximum Gasteiger partial charge on any atom is 0.265 e. The van der Waals surface area contributed by atoms with Gasteiger partial charge in [0.2, 0.25) is 0 Å². The highest BCUT2D eigenvalue weighted by Crippen LogP contribution is 2.33. The summed E-state index contributed by atoms with van der Waals surface area (Å²) in [7, 11) is -2.48. The molecular formula is C21H20ClN5O3S2. The Morgan fingerprint density at radius 2 is 1.94 bits per heavy atom. The van der Waals surface area contributed by atoms with Crippen LogP contribution in [0.15, 0.2) is 63.6 Å². The summed E-state index contributed by atoms with van der Waals surface area (Å²) in [6.45, 7) is 4.03. The number of ether oxygens (including phenoxy) is 1. The first kappa shape index (κ1) is 22.4. The van der Waals surface area contributed by atoms with E-state index in [0.717, 1.165) is 27.6 Å². The largest absolute Gasteiger partial charge is 0.495 e. The molecule has 11 heteroatoms. The molecule has 32 heavy (non-hydrogen) atoms. The fourth-order valence-corrected chi connectivity index (χ4v) is 5.86. The number of anilines is 1.